The van der Waals surface area contributed by atoms with Gasteiger partial charge in [0, 0.05) is 12.6 Å². The van der Waals surface area contributed by atoms with E-state index >= 15 is 0 Å². The lowest BCUT2D eigenvalue weighted by molar-refractivity contribution is -0.135. The molecule has 0 radical (unpaired) electrons. The van der Waals surface area contributed by atoms with Crippen molar-refractivity contribution in [2.45, 2.75) is 38.3 Å². The van der Waals surface area contributed by atoms with Gasteiger partial charge >= 0.3 is 6.03 Å². The van der Waals surface area contributed by atoms with Gasteiger partial charge in [0.1, 0.15) is 11.6 Å². The number of hydrogen-bond donors (Lipinski definition) is 5. The van der Waals surface area contributed by atoms with Crippen LogP contribution in [0.5, 0.6) is 0 Å². The van der Waals surface area contributed by atoms with Gasteiger partial charge in [-0.2, -0.15) is 0 Å². The Kier molecular flexibility index (Phi) is 7.44. The Labute approximate surface area is 149 Å². The Morgan fingerprint density at radius 3 is 2.19 bits per heavy atom. The van der Waals surface area contributed by atoms with E-state index in [0.717, 1.165) is 18.9 Å². The molecule has 1 aromatic rings. The summed E-state index contributed by atoms with van der Waals surface area (Å²) in [6.45, 7) is 2.81. The number of hydrogen-bond acceptors (Lipinski definition) is 4. The van der Waals surface area contributed by atoms with Crippen molar-refractivity contribution in [1.29, 1.82) is 0 Å². The van der Waals surface area contributed by atoms with Gasteiger partial charge in [-0.25, -0.2) is 19.1 Å². The van der Waals surface area contributed by atoms with E-state index < -0.39 is 35.9 Å². The number of aryl methyl sites for hydroxylation is 1. The number of halogens is 2. The van der Waals surface area contributed by atoms with Crippen LogP contribution in [0.25, 0.3) is 0 Å². The zero-order valence-corrected chi connectivity index (χ0v) is 14.6. The standard InChI is InChI=1S/C16H22F2N4O4/c1-4-9-5-7-10(8-6-9)12(23)20-11(13(24)22-26)16(2,14(17)18)21-15(25)19-3/h5-8,11,14,26H,4H2,1-3H3,(H,20,23)(H,22,24)(H2,19,21,25). The van der Waals surface area contributed by atoms with Gasteiger partial charge in [-0.3, -0.25) is 14.8 Å². The summed E-state index contributed by atoms with van der Waals surface area (Å²) in [5.74, 6) is -2.12. The number of carbonyl (C=O) groups excluding carboxylic acids is 3. The van der Waals surface area contributed by atoms with Crippen LogP contribution in [-0.2, 0) is 11.2 Å². The van der Waals surface area contributed by atoms with Crippen LogP contribution in [0.1, 0.15) is 29.8 Å². The maximum absolute atomic E-state index is 13.6. The molecule has 0 aliphatic carbocycles. The van der Waals surface area contributed by atoms with E-state index in [1.807, 2.05) is 12.2 Å². The highest BCUT2D eigenvalue weighted by atomic mass is 19.3. The lowest BCUT2D eigenvalue weighted by Crippen LogP contribution is -2.69. The molecular weight excluding hydrogens is 350 g/mol. The van der Waals surface area contributed by atoms with Gasteiger partial charge in [0.05, 0.1) is 0 Å². The van der Waals surface area contributed by atoms with Crippen molar-refractivity contribution in [2.24, 2.45) is 0 Å². The van der Waals surface area contributed by atoms with Crippen LogP contribution in [0, 0.1) is 0 Å². The van der Waals surface area contributed by atoms with Crippen LogP contribution in [0.2, 0.25) is 0 Å². The summed E-state index contributed by atoms with van der Waals surface area (Å²) in [7, 11) is 1.20. The third-order valence-electron chi connectivity index (χ3n) is 3.94. The SMILES string of the molecule is CCc1ccc(C(=O)NC(C(=O)NO)C(C)(NC(=O)NC)C(F)F)cc1. The van der Waals surface area contributed by atoms with Crippen LogP contribution in [-0.4, -0.2) is 48.1 Å². The number of rotatable bonds is 7. The van der Waals surface area contributed by atoms with Gasteiger partial charge in [-0.15, -0.1) is 0 Å². The van der Waals surface area contributed by atoms with Crippen LogP contribution in [0.15, 0.2) is 24.3 Å². The minimum Gasteiger partial charge on any atom is -0.341 e. The smallest absolute Gasteiger partial charge is 0.315 e. The van der Waals surface area contributed by atoms with E-state index in [4.69, 9.17) is 5.21 Å². The van der Waals surface area contributed by atoms with Gasteiger partial charge in [-0.1, -0.05) is 19.1 Å². The van der Waals surface area contributed by atoms with E-state index in [0.29, 0.717) is 0 Å². The number of nitrogens with one attached hydrogen (secondary N) is 4. The van der Waals surface area contributed by atoms with Crippen molar-refractivity contribution in [3.63, 3.8) is 0 Å². The Morgan fingerprint density at radius 1 is 1.19 bits per heavy atom. The minimum absolute atomic E-state index is 0.134. The van der Waals surface area contributed by atoms with Crippen molar-refractivity contribution < 1.29 is 28.4 Å². The molecule has 2 atom stereocenters. The zero-order chi connectivity index (χ0) is 19.9. The van der Waals surface area contributed by atoms with Crippen molar-refractivity contribution >= 4 is 17.8 Å². The van der Waals surface area contributed by atoms with Crippen molar-refractivity contribution in [3.8, 4) is 0 Å². The number of benzene rings is 1. The van der Waals surface area contributed by atoms with Crippen LogP contribution in [0.3, 0.4) is 0 Å². The van der Waals surface area contributed by atoms with E-state index in [2.05, 4.69) is 10.6 Å². The first-order valence-corrected chi connectivity index (χ1v) is 7.81. The molecule has 1 aromatic carbocycles. The van der Waals surface area contributed by atoms with E-state index in [1.165, 1.54) is 24.7 Å². The first-order valence-electron chi connectivity index (χ1n) is 7.81. The quantitative estimate of drug-likeness (QED) is 0.359. The predicted molar refractivity (Wildman–Crippen MR) is 89.0 cm³/mol. The molecule has 0 aliphatic heterocycles. The van der Waals surface area contributed by atoms with E-state index in [1.54, 1.807) is 12.1 Å². The molecule has 1 rings (SSSR count). The van der Waals surface area contributed by atoms with Gasteiger partial charge in [-0.05, 0) is 31.0 Å². The number of urea groups is 1. The first-order chi connectivity index (χ1) is 12.2. The topological polar surface area (TPSA) is 120 Å². The Morgan fingerprint density at radius 2 is 1.77 bits per heavy atom. The highest BCUT2D eigenvalue weighted by Gasteiger charge is 2.48. The molecule has 5 N–H and O–H groups in total. The number of alkyl halides is 2. The maximum Gasteiger partial charge on any atom is 0.315 e. The van der Waals surface area contributed by atoms with Crippen molar-refractivity contribution in [3.05, 3.63) is 35.4 Å². The highest BCUT2D eigenvalue weighted by Crippen LogP contribution is 2.21. The third kappa shape index (κ3) is 4.88. The fraction of sp³-hybridized carbons (Fsp3) is 0.438. The van der Waals surface area contributed by atoms with Gasteiger partial charge in [0.15, 0.2) is 0 Å². The molecule has 8 nitrogen and oxygen atoms in total. The number of amides is 4. The lowest BCUT2D eigenvalue weighted by Gasteiger charge is -2.36. The molecule has 2 unspecified atom stereocenters. The molecule has 0 heterocycles. The molecule has 144 valence electrons. The second-order valence-electron chi connectivity index (χ2n) is 5.72. The number of hydroxylamine groups is 1. The first kappa shape index (κ1) is 21.3. The van der Waals surface area contributed by atoms with E-state index in [9.17, 15) is 23.2 Å². The van der Waals surface area contributed by atoms with Crippen molar-refractivity contribution in [2.75, 3.05) is 7.05 Å². The Hall–Kier alpha value is -2.75. The molecule has 0 aliphatic rings. The van der Waals surface area contributed by atoms with Gasteiger partial charge < -0.3 is 16.0 Å². The normalized spacial score (nSPS) is 14.1. The van der Waals surface area contributed by atoms with Gasteiger partial charge in [0.25, 0.3) is 18.2 Å². The fourth-order valence-electron chi connectivity index (χ4n) is 2.22. The summed E-state index contributed by atoms with van der Waals surface area (Å²) in [5.41, 5.74) is -0.150. The summed E-state index contributed by atoms with van der Waals surface area (Å²) in [4.78, 5) is 35.8. The van der Waals surface area contributed by atoms with Gasteiger partial charge in [0.2, 0.25) is 0 Å². The molecular formula is C16H22F2N4O4. The van der Waals surface area contributed by atoms with Crippen molar-refractivity contribution in [1.82, 2.24) is 21.4 Å². The summed E-state index contributed by atoms with van der Waals surface area (Å²) < 4.78 is 27.2. The predicted octanol–water partition coefficient (Wildman–Crippen LogP) is 0.806. The van der Waals surface area contributed by atoms with E-state index in [-0.39, 0.29) is 5.56 Å². The Bertz CT molecular complexity index is 654. The molecule has 0 spiro atoms. The molecule has 10 heteroatoms. The minimum atomic E-state index is -3.23. The van der Waals surface area contributed by atoms with Crippen LogP contribution >= 0.6 is 0 Å². The zero-order valence-electron chi connectivity index (χ0n) is 14.6. The second-order valence-corrected chi connectivity index (χ2v) is 5.72. The molecule has 0 bridgehead atoms. The number of carbonyl (C=O) groups is 3. The maximum atomic E-state index is 13.6. The molecule has 0 saturated carbocycles. The largest absolute Gasteiger partial charge is 0.341 e. The average Bonchev–Trinajstić information content (AvgIpc) is 2.64. The fourth-order valence-corrected chi connectivity index (χ4v) is 2.22. The monoisotopic (exact) mass is 372 g/mol. The van der Waals surface area contributed by atoms with Crippen LogP contribution < -0.4 is 21.4 Å². The average molecular weight is 372 g/mol. The molecule has 4 amide bonds. The summed E-state index contributed by atoms with van der Waals surface area (Å²) >= 11 is 0. The second kappa shape index (κ2) is 9.09. The summed E-state index contributed by atoms with van der Waals surface area (Å²) in [6.07, 6.45) is -2.48. The van der Waals surface area contributed by atoms with Crippen LogP contribution in [0.4, 0.5) is 13.6 Å². The molecule has 0 saturated heterocycles. The molecule has 26 heavy (non-hydrogen) atoms. The highest BCUT2D eigenvalue weighted by molar-refractivity contribution is 5.98. The molecule has 0 fully saturated rings. The summed E-state index contributed by atoms with van der Waals surface area (Å²) in [6, 6.07) is 3.41. The lowest BCUT2D eigenvalue weighted by atomic mass is 9.91. The molecule has 0 aromatic heterocycles. The summed E-state index contributed by atoms with van der Waals surface area (Å²) in [5, 5.41) is 15.0. The Balaban J connectivity index is 3.16. The third-order valence-corrected chi connectivity index (χ3v) is 3.94.